The third-order valence-electron chi connectivity index (χ3n) is 10.7. The van der Waals surface area contributed by atoms with Crippen LogP contribution in [0.15, 0.2) is 48.6 Å². The number of phosphoric ester groups is 1. The minimum Gasteiger partial charge on any atom is -0.756 e. The van der Waals surface area contributed by atoms with Crippen molar-refractivity contribution in [1.82, 2.24) is 5.32 Å². The monoisotopic (exact) mass is 851 g/mol. The van der Waals surface area contributed by atoms with E-state index in [1.807, 2.05) is 27.2 Å². The second-order valence-electron chi connectivity index (χ2n) is 17.8. The smallest absolute Gasteiger partial charge is 0.268 e. The first kappa shape index (κ1) is 57.5. The molecule has 2 N–H and O–H groups in total. The van der Waals surface area contributed by atoms with Crippen molar-refractivity contribution in [3.05, 3.63) is 48.6 Å². The molecule has 0 aromatic heterocycles. The molecule has 1 amide bonds. The first-order valence-electron chi connectivity index (χ1n) is 24.5. The lowest BCUT2D eigenvalue weighted by atomic mass is 10.0. The minimum atomic E-state index is -4.60. The summed E-state index contributed by atoms with van der Waals surface area (Å²) in [6.45, 7) is 4.60. The quantitative estimate of drug-likeness (QED) is 0.0274. The molecule has 9 heteroatoms. The van der Waals surface area contributed by atoms with Crippen LogP contribution in [0.4, 0.5) is 0 Å². The predicted molar refractivity (Wildman–Crippen MR) is 251 cm³/mol. The zero-order valence-electron chi connectivity index (χ0n) is 39.2. The molecule has 0 rings (SSSR count). The highest BCUT2D eigenvalue weighted by molar-refractivity contribution is 7.45. The number of phosphoric acid groups is 1. The van der Waals surface area contributed by atoms with E-state index >= 15 is 0 Å². The van der Waals surface area contributed by atoms with Gasteiger partial charge in [0.15, 0.2) is 0 Å². The molecule has 59 heavy (non-hydrogen) atoms. The highest BCUT2D eigenvalue weighted by Gasteiger charge is 2.23. The molecule has 0 aliphatic heterocycles. The zero-order chi connectivity index (χ0) is 43.6. The van der Waals surface area contributed by atoms with E-state index in [0.717, 1.165) is 44.9 Å². The topological polar surface area (TPSA) is 108 Å². The fraction of sp³-hybridized carbons (Fsp3) is 0.820. The van der Waals surface area contributed by atoms with Crippen molar-refractivity contribution < 1.29 is 32.9 Å². The Hall–Kier alpha value is -1.54. The van der Waals surface area contributed by atoms with Crippen LogP contribution in [-0.4, -0.2) is 68.5 Å². The standard InChI is InChI=1S/C50H95N2O6P/c1-6-8-10-12-14-16-18-20-22-23-24-25-26-27-28-30-31-33-35-37-39-41-43-49(53)48(47-58-59(55,56)57-46-45-52(3,4)5)51-50(54)44-42-40-38-36-34-32-29-21-19-17-15-13-11-9-7-2/h17,19,27-28,33,35,41,43,48-49,53H,6-16,18,20-26,29-32,34,36-40,42,44-47H2,1-5H3,(H-,51,54,55,56)/b19-17-,28-27+,35-33+,43-41+. The number of nitrogens with zero attached hydrogens (tertiary/aromatic N) is 1. The summed E-state index contributed by atoms with van der Waals surface area (Å²) in [6, 6.07) is -0.911. The summed E-state index contributed by atoms with van der Waals surface area (Å²) in [7, 11) is 1.23. The van der Waals surface area contributed by atoms with Gasteiger partial charge in [-0.05, 0) is 70.6 Å². The number of carbonyl (C=O) groups excluding carboxylic acids is 1. The number of nitrogens with one attached hydrogen (secondary N) is 1. The normalized spacial score (nSPS) is 14.6. The number of amides is 1. The fourth-order valence-electron chi connectivity index (χ4n) is 6.83. The maximum atomic E-state index is 12.9. The Bertz CT molecular complexity index is 1100. The molecule has 0 spiro atoms. The van der Waals surface area contributed by atoms with Gasteiger partial charge in [0, 0.05) is 6.42 Å². The maximum absolute atomic E-state index is 12.9. The van der Waals surface area contributed by atoms with E-state index in [1.165, 1.54) is 148 Å². The summed E-state index contributed by atoms with van der Waals surface area (Å²) in [6.07, 6.45) is 53.1. The van der Waals surface area contributed by atoms with Gasteiger partial charge in [0.1, 0.15) is 13.2 Å². The van der Waals surface area contributed by atoms with E-state index in [1.54, 1.807) is 6.08 Å². The van der Waals surface area contributed by atoms with Crippen LogP contribution >= 0.6 is 7.82 Å². The number of aliphatic hydroxyl groups is 1. The van der Waals surface area contributed by atoms with Gasteiger partial charge >= 0.3 is 0 Å². The van der Waals surface area contributed by atoms with Crippen LogP contribution in [0.3, 0.4) is 0 Å². The van der Waals surface area contributed by atoms with Crippen LogP contribution in [0.2, 0.25) is 0 Å². The third kappa shape index (κ3) is 44.3. The number of allylic oxidation sites excluding steroid dienone is 7. The lowest BCUT2D eigenvalue weighted by Crippen LogP contribution is -2.45. The van der Waals surface area contributed by atoms with Gasteiger partial charge in [0.2, 0.25) is 5.91 Å². The molecule has 3 unspecified atom stereocenters. The van der Waals surface area contributed by atoms with Gasteiger partial charge in [0.05, 0.1) is 39.9 Å². The highest BCUT2D eigenvalue weighted by atomic mass is 31.2. The number of likely N-dealkylation sites (N-methyl/N-ethyl adjacent to an activating group) is 1. The number of rotatable bonds is 44. The average Bonchev–Trinajstić information content (AvgIpc) is 3.19. The van der Waals surface area contributed by atoms with Gasteiger partial charge in [-0.15, -0.1) is 0 Å². The molecule has 0 aromatic carbocycles. The van der Waals surface area contributed by atoms with E-state index in [2.05, 4.69) is 55.6 Å². The summed E-state index contributed by atoms with van der Waals surface area (Å²) in [5, 5.41) is 13.8. The second-order valence-corrected chi connectivity index (χ2v) is 19.2. The summed E-state index contributed by atoms with van der Waals surface area (Å²) in [5.41, 5.74) is 0. The van der Waals surface area contributed by atoms with Crippen LogP contribution in [0.5, 0.6) is 0 Å². The Morgan fingerprint density at radius 1 is 0.576 bits per heavy atom. The SMILES string of the molecule is CCCCCC/C=C\CCCCCCCCCC(=O)NC(COP(=O)([O-])OCC[N+](C)(C)C)C(O)/C=C/CC/C=C/CC/C=C/CCCCCCCCCCCCCC. The van der Waals surface area contributed by atoms with E-state index < -0.39 is 26.6 Å². The molecular weight excluding hydrogens is 756 g/mol. The second kappa shape index (κ2) is 41.8. The molecule has 0 aliphatic carbocycles. The van der Waals surface area contributed by atoms with Gasteiger partial charge < -0.3 is 28.8 Å². The van der Waals surface area contributed by atoms with Crippen LogP contribution < -0.4 is 10.2 Å². The lowest BCUT2D eigenvalue weighted by molar-refractivity contribution is -0.870. The van der Waals surface area contributed by atoms with Crippen molar-refractivity contribution in [2.24, 2.45) is 0 Å². The first-order valence-corrected chi connectivity index (χ1v) is 26.0. The van der Waals surface area contributed by atoms with Crippen LogP contribution in [0.25, 0.3) is 0 Å². The fourth-order valence-corrected chi connectivity index (χ4v) is 7.55. The Labute approximate surface area is 365 Å². The zero-order valence-corrected chi connectivity index (χ0v) is 40.1. The largest absolute Gasteiger partial charge is 0.756 e. The Morgan fingerprint density at radius 3 is 1.39 bits per heavy atom. The van der Waals surface area contributed by atoms with E-state index in [0.29, 0.717) is 17.4 Å². The van der Waals surface area contributed by atoms with Crippen molar-refractivity contribution in [2.45, 2.75) is 225 Å². The van der Waals surface area contributed by atoms with Gasteiger partial charge in [0.25, 0.3) is 7.82 Å². The van der Waals surface area contributed by atoms with Crippen molar-refractivity contribution >= 4 is 13.7 Å². The number of unbranched alkanes of at least 4 members (excludes halogenated alkanes) is 25. The van der Waals surface area contributed by atoms with Crippen LogP contribution in [0.1, 0.15) is 213 Å². The molecule has 0 bridgehead atoms. The Kier molecular flexibility index (Phi) is 40.7. The van der Waals surface area contributed by atoms with Gasteiger partial charge in [-0.2, -0.15) is 0 Å². The van der Waals surface area contributed by atoms with E-state index in [-0.39, 0.29) is 12.5 Å². The Balaban J connectivity index is 4.43. The van der Waals surface area contributed by atoms with Crippen LogP contribution in [-0.2, 0) is 18.4 Å². The molecule has 0 saturated heterocycles. The molecular formula is C50H95N2O6P. The number of carbonyl (C=O) groups is 1. The van der Waals surface area contributed by atoms with E-state index in [4.69, 9.17) is 9.05 Å². The Morgan fingerprint density at radius 2 is 0.949 bits per heavy atom. The third-order valence-corrected chi connectivity index (χ3v) is 11.7. The van der Waals surface area contributed by atoms with Gasteiger partial charge in [-0.1, -0.05) is 184 Å². The molecule has 3 atom stereocenters. The molecule has 0 saturated carbocycles. The van der Waals surface area contributed by atoms with Gasteiger partial charge in [-0.25, -0.2) is 0 Å². The van der Waals surface area contributed by atoms with Crippen molar-refractivity contribution in [2.75, 3.05) is 40.9 Å². The van der Waals surface area contributed by atoms with Crippen LogP contribution in [0, 0.1) is 0 Å². The molecule has 8 nitrogen and oxygen atoms in total. The minimum absolute atomic E-state index is 0.0106. The number of hydrogen-bond acceptors (Lipinski definition) is 6. The first-order chi connectivity index (χ1) is 28.5. The number of aliphatic hydroxyl groups excluding tert-OH is 1. The van der Waals surface area contributed by atoms with Crippen molar-refractivity contribution in [1.29, 1.82) is 0 Å². The molecule has 0 heterocycles. The van der Waals surface area contributed by atoms with Crippen molar-refractivity contribution in [3.8, 4) is 0 Å². The molecule has 346 valence electrons. The molecule has 0 aromatic rings. The average molecular weight is 851 g/mol. The van der Waals surface area contributed by atoms with Gasteiger partial charge in [-0.3, -0.25) is 9.36 Å². The molecule has 0 aliphatic rings. The molecule has 0 radical (unpaired) electrons. The number of quaternary nitrogens is 1. The summed E-state index contributed by atoms with van der Waals surface area (Å²) in [5.74, 6) is -0.217. The maximum Gasteiger partial charge on any atom is 0.268 e. The van der Waals surface area contributed by atoms with E-state index in [9.17, 15) is 19.4 Å². The molecule has 0 fully saturated rings. The van der Waals surface area contributed by atoms with Crippen molar-refractivity contribution in [3.63, 3.8) is 0 Å². The lowest BCUT2D eigenvalue weighted by Gasteiger charge is -2.29. The highest BCUT2D eigenvalue weighted by Crippen LogP contribution is 2.38. The number of hydrogen-bond donors (Lipinski definition) is 2. The predicted octanol–water partition coefficient (Wildman–Crippen LogP) is 13.4. The summed E-state index contributed by atoms with van der Waals surface area (Å²) in [4.78, 5) is 25.3. The summed E-state index contributed by atoms with van der Waals surface area (Å²) >= 11 is 0. The summed E-state index contributed by atoms with van der Waals surface area (Å²) < 4.78 is 23.2.